The summed E-state index contributed by atoms with van der Waals surface area (Å²) < 4.78 is 30.8. The van der Waals surface area contributed by atoms with E-state index in [1.165, 1.54) is 0 Å². The van der Waals surface area contributed by atoms with Crippen molar-refractivity contribution in [3.05, 3.63) is 54.9 Å². The van der Waals surface area contributed by atoms with Gasteiger partial charge in [0.25, 0.3) is 0 Å². The summed E-state index contributed by atoms with van der Waals surface area (Å²) in [6, 6.07) is 13.0. The monoisotopic (exact) mass is 382 g/mol. The number of methoxy groups -OCH3 is 1. The third-order valence-corrected chi connectivity index (χ3v) is 4.82. The fraction of sp³-hybridized carbons (Fsp3) is 0.105. The minimum absolute atomic E-state index is 0.439. The average Bonchev–Trinajstić information content (AvgIpc) is 3.10. The number of aromatic nitrogens is 2. The van der Waals surface area contributed by atoms with Gasteiger partial charge in [-0.1, -0.05) is 0 Å². The summed E-state index contributed by atoms with van der Waals surface area (Å²) in [5.41, 5.74) is 3.96. The van der Waals surface area contributed by atoms with Gasteiger partial charge in [0.1, 0.15) is 5.75 Å². The summed E-state index contributed by atoms with van der Waals surface area (Å²) >= 11 is 0. The fourth-order valence-corrected chi connectivity index (χ4v) is 3.67. The van der Waals surface area contributed by atoms with E-state index in [2.05, 4.69) is 20.0 Å². The maximum absolute atomic E-state index is 11.4. The highest BCUT2D eigenvalue weighted by atomic mass is 32.2. The molecule has 27 heavy (non-hydrogen) atoms. The van der Waals surface area contributed by atoms with Crippen molar-refractivity contribution in [1.29, 1.82) is 0 Å². The normalized spacial score (nSPS) is 11.6. The second-order valence-corrected chi connectivity index (χ2v) is 7.92. The summed E-state index contributed by atoms with van der Waals surface area (Å²) in [5, 5.41) is 5.45. The van der Waals surface area contributed by atoms with Gasteiger partial charge in [0.15, 0.2) is 0 Å². The number of sulfonamides is 1. The van der Waals surface area contributed by atoms with Gasteiger partial charge in [-0.15, -0.1) is 0 Å². The van der Waals surface area contributed by atoms with Crippen molar-refractivity contribution in [2.24, 2.45) is 0 Å². The van der Waals surface area contributed by atoms with Gasteiger partial charge in [-0.3, -0.25) is 9.71 Å². The number of rotatable bonds is 5. The van der Waals surface area contributed by atoms with Crippen LogP contribution >= 0.6 is 0 Å². The van der Waals surface area contributed by atoms with Gasteiger partial charge in [-0.2, -0.15) is 0 Å². The number of ether oxygens (including phenoxy) is 1. The third kappa shape index (κ3) is 3.39. The van der Waals surface area contributed by atoms with E-state index in [1.54, 1.807) is 31.5 Å². The number of hydrogen-bond acceptors (Lipinski definition) is 5. The number of fused-ring (bicyclic) bond motifs is 3. The molecule has 7 nitrogen and oxygen atoms in total. The smallest absolute Gasteiger partial charge is 0.229 e. The lowest BCUT2D eigenvalue weighted by molar-refractivity contribution is 0.417. The standard InChI is InChI=1S/C19H18N4O3S/c1-26-18-11-12(23-27(2,24)25)3-4-15(18)22-17-8-10-21-16-6-5-14-13(19(16)17)7-9-20-14/h3-11,21-23H,1-2H3. The van der Waals surface area contributed by atoms with E-state index in [9.17, 15) is 8.42 Å². The fourth-order valence-electron chi connectivity index (χ4n) is 3.11. The van der Waals surface area contributed by atoms with Crippen LogP contribution in [-0.4, -0.2) is 31.8 Å². The molecule has 138 valence electrons. The molecule has 0 amide bonds. The van der Waals surface area contributed by atoms with Crippen LogP contribution in [0.25, 0.3) is 21.8 Å². The van der Waals surface area contributed by atoms with Crippen LogP contribution in [0.2, 0.25) is 0 Å². The molecule has 0 saturated carbocycles. The van der Waals surface area contributed by atoms with Gasteiger partial charge in [0.2, 0.25) is 10.0 Å². The minimum atomic E-state index is -3.36. The van der Waals surface area contributed by atoms with E-state index in [4.69, 9.17) is 4.74 Å². The van der Waals surface area contributed by atoms with Crippen molar-refractivity contribution >= 4 is 48.9 Å². The van der Waals surface area contributed by atoms with Crippen molar-refractivity contribution in [3.8, 4) is 5.75 Å². The second kappa shape index (κ2) is 6.48. The summed E-state index contributed by atoms with van der Waals surface area (Å²) in [6.07, 6.45) is 4.75. The van der Waals surface area contributed by atoms with Crippen molar-refractivity contribution in [2.75, 3.05) is 23.4 Å². The molecule has 4 aromatic rings. The molecule has 0 fully saturated rings. The van der Waals surface area contributed by atoms with Crippen molar-refractivity contribution in [2.45, 2.75) is 0 Å². The maximum Gasteiger partial charge on any atom is 0.229 e. The quantitative estimate of drug-likeness (QED) is 0.487. The summed E-state index contributed by atoms with van der Waals surface area (Å²) in [5.74, 6) is 0.525. The first-order valence-electron chi connectivity index (χ1n) is 8.22. The van der Waals surface area contributed by atoms with Crippen LogP contribution in [-0.2, 0) is 10.0 Å². The number of H-pyrrole nitrogens is 1. The highest BCUT2D eigenvalue weighted by Crippen LogP contribution is 2.35. The van der Waals surface area contributed by atoms with Crippen LogP contribution in [0.3, 0.4) is 0 Å². The molecule has 0 unspecified atom stereocenters. The zero-order valence-corrected chi connectivity index (χ0v) is 15.6. The summed E-state index contributed by atoms with van der Waals surface area (Å²) in [6.45, 7) is 0. The number of pyridine rings is 1. The van der Waals surface area contributed by atoms with Gasteiger partial charge < -0.3 is 15.0 Å². The van der Waals surface area contributed by atoms with E-state index >= 15 is 0 Å². The average molecular weight is 382 g/mol. The Labute approximate surface area is 156 Å². The van der Waals surface area contributed by atoms with Crippen LogP contribution in [0.4, 0.5) is 17.1 Å². The molecule has 2 aromatic heterocycles. The predicted molar refractivity (Wildman–Crippen MR) is 108 cm³/mol. The third-order valence-electron chi connectivity index (χ3n) is 4.21. The Morgan fingerprint density at radius 2 is 1.93 bits per heavy atom. The van der Waals surface area contributed by atoms with Gasteiger partial charge in [0.05, 0.1) is 35.9 Å². The molecule has 0 atom stereocenters. The Hall–Kier alpha value is -3.26. The molecule has 0 bridgehead atoms. The first kappa shape index (κ1) is 17.2. The number of nitrogens with one attached hydrogen (secondary N) is 3. The minimum Gasteiger partial charge on any atom is -0.494 e. The van der Waals surface area contributed by atoms with Crippen LogP contribution < -0.4 is 14.8 Å². The summed E-state index contributed by atoms with van der Waals surface area (Å²) in [4.78, 5) is 7.61. The Morgan fingerprint density at radius 3 is 2.70 bits per heavy atom. The van der Waals surface area contributed by atoms with E-state index < -0.39 is 10.0 Å². The van der Waals surface area contributed by atoms with Crippen LogP contribution in [0.15, 0.2) is 54.9 Å². The molecule has 0 saturated heterocycles. The van der Waals surface area contributed by atoms with E-state index in [-0.39, 0.29) is 0 Å². The number of nitrogens with zero attached hydrogens (tertiary/aromatic N) is 1. The number of anilines is 3. The molecule has 0 radical (unpaired) electrons. The lowest BCUT2D eigenvalue weighted by Crippen LogP contribution is -2.09. The van der Waals surface area contributed by atoms with Crippen LogP contribution in [0.5, 0.6) is 5.75 Å². The van der Waals surface area contributed by atoms with Gasteiger partial charge in [-0.05, 0) is 36.4 Å². The Kier molecular flexibility index (Phi) is 4.12. The molecular weight excluding hydrogens is 364 g/mol. The van der Waals surface area contributed by atoms with Crippen molar-refractivity contribution < 1.29 is 13.2 Å². The number of benzene rings is 2. The predicted octanol–water partition coefficient (Wildman–Crippen LogP) is 3.84. The molecule has 2 heterocycles. The zero-order valence-electron chi connectivity index (χ0n) is 14.8. The molecular formula is C19H18N4O3S. The van der Waals surface area contributed by atoms with Crippen molar-refractivity contribution in [3.63, 3.8) is 0 Å². The molecule has 0 aliphatic heterocycles. The lowest BCUT2D eigenvalue weighted by atomic mass is 10.1. The second-order valence-electron chi connectivity index (χ2n) is 6.17. The van der Waals surface area contributed by atoms with E-state index in [0.29, 0.717) is 11.4 Å². The molecule has 2 aromatic carbocycles. The summed E-state index contributed by atoms with van der Waals surface area (Å²) in [7, 11) is -1.82. The first-order chi connectivity index (χ1) is 12.9. The molecule has 3 N–H and O–H groups in total. The number of hydrogen-bond donors (Lipinski definition) is 3. The van der Waals surface area contributed by atoms with Crippen LogP contribution in [0, 0.1) is 0 Å². The number of aromatic amines is 1. The topological polar surface area (TPSA) is 96.1 Å². The molecule has 0 aliphatic carbocycles. The van der Waals surface area contributed by atoms with Crippen molar-refractivity contribution in [1.82, 2.24) is 9.97 Å². The first-order valence-corrected chi connectivity index (χ1v) is 10.1. The molecule has 0 aliphatic rings. The highest BCUT2D eigenvalue weighted by molar-refractivity contribution is 7.92. The highest BCUT2D eigenvalue weighted by Gasteiger charge is 2.11. The maximum atomic E-state index is 11.4. The molecule has 0 spiro atoms. The van der Waals surface area contributed by atoms with Gasteiger partial charge in [-0.25, -0.2) is 8.42 Å². The lowest BCUT2D eigenvalue weighted by Gasteiger charge is -2.15. The Balaban J connectivity index is 1.79. The van der Waals surface area contributed by atoms with E-state index in [1.807, 2.05) is 30.5 Å². The Morgan fingerprint density at radius 1 is 1.07 bits per heavy atom. The molecule has 4 rings (SSSR count). The SMILES string of the molecule is COc1cc(NS(C)(=O)=O)ccc1Nc1cc[nH]c2ccc3nccc3c12. The van der Waals surface area contributed by atoms with Gasteiger partial charge in [0, 0.05) is 34.7 Å². The molecule has 8 heteroatoms. The van der Waals surface area contributed by atoms with E-state index in [0.717, 1.165) is 39.4 Å². The van der Waals surface area contributed by atoms with Gasteiger partial charge >= 0.3 is 0 Å². The zero-order chi connectivity index (χ0) is 19.0. The van der Waals surface area contributed by atoms with Crippen LogP contribution in [0.1, 0.15) is 0 Å². The Bertz CT molecular complexity index is 1250. The largest absolute Gasteiger partial charge is 0.494 e.